The van der Waals surface area contributed by atoms with Gasteiger partial charge >= 0.3 is 0 Å². The quantitative estimate of drug-likeness (QED) is 0.770. The van der Waals surface area contributed by atoms with Crippen molar-refractivity contribution in [2.75, 3.05) is 5.32 Å². The van der Waals surface area contributed by atoms with Gasteiger partial charge in [-0.1, -0.05) is 15.9 Å². The Morgan fingerprint density at radius 1 is 1.38 bits per heavy atom. The van der Waals surface area contributed by atoms with Crippen LogP contribution in [0.5, 0.6) is 0 Å². The van der Waals surface area contributed by atoms with Crippen LogP contribution < -0.4 is 5.32 Å². The highest BCUT2D eigenvalue weighted by Crippen LogP contribution is 2.28. The third-order valence-corrected chi connectivity index (χ3v) is 3.67. The van der Waals surface area contributed by atoms with Crippen LogP contribution in [-0.4, -0.2) is 9.55 Å². The van der Waals surface area contributed by atoms with Crippen molar-refractivity contribution in [3.8, 4) is 0 Å². The zero-order chi connectivity index (χ0) is 14.8. The molecule has 1 atom stereocenters. The van der Waals surface area contributed by atoms with Gasteiger partial charge in [0.15, 0.2) is 0 Å². The Balaban J connectivity index is 2.01. The molecule has 0 amide bonds. The van der Waals surface area contributed by atoms with Crippen LogP contribution >= 0.6 is 15.9 Å². The third kappa shape index (κ3) is 2.85. The molecule has 108 valence electrons. The highest BCUT2D eigenvalue weighted by molar-refractivity contribution is 9.10. The fraction of sp³-hybridized carbons (Fsp3) is 0.133. The second-order valence-electron chi connectivity index (χ2n) is 4.61. The Hall–Kier alpha value is -2.08. The largest absolute Gasteiger partial charge is 0.467 e. The van der Waals surface area contributed by atoms with E-state index in [1.165, 1.54) is 6.07 Å². The first-order chi connectivity index (χ1) is 10.1. The average Bonchev–Trinajstić information content (AvgIpc) is 3.11. The average molecular weight is 350 g/mol. The molecule has 3 aromatic rings. The van der Waals surface area contributed by atoms with E-state index in [1.807, 2.05) is 23.9 Å². The van der Waals surface area contributed by atoms with Crippen LogP contribution in [0.15, 0.2) is 57.9 Å². The minimum atomic E-state index is -0.371. The zero-order valence-corrected chi connectivity index (χ0v) is 12.8. The highest BCUT2D eigenvalue weighted by Gasteiger charge is 2.22. The van der Waals surface area contributed by atoms with Crippen LogP contribution in [0.3, 0.4) is 0 Å². The maximum atomic E-state index is 14.0. The lowest BCUT2D eigenvalue weighted by atomic mass is 10.2. The van der Waals surface area contributed by atoms with E-state index in [2.05, 4.69) is 26.2 Å². The molecule has 3 rings (SSSR count). The number of hydrogen-bond acceptors (Lipinski definition) is 3. The Bertz CT molecular complexity index is 739. The first kappa shape index (κ1) is 13.9. The molecule has 0 aliphatic carbocycles. The highest BCUT2D eigenvalue weighted by atomic mass is 79.9. The standard InChI is InChI=1S/C15H13BrFN3O/c1-20-7-6-18-15(20)14(13-3-2-8-21-13)19-12-9-10(16)4-5-11(12)17/h2-9,14,19H,1H3. The van der Waals surface area contributed by atoms with Crippen molar-refractivity contribution in [2.45, 2.75) is 6.04 Å². The number of nitrogens with zero attached hydrogens (tertiary/aromatic N) is 2. The van der Waals surface area contributed by atoms with Gasteiger partial charge in [0.05, 0.1) is 12.0 Å². The van der Waals surface area contributed by atoms with Crippen molar-refractivity contribution < 1.29 is 8.81 Å². The van der Waals surface area contributed by atoms with Crippen molar-refractivity contribution >= 4 is 21.6 Å². The van der Waals surface area contributed by atoms with E-state index < -0.39 is 0 Å². The first-order valence-electron chi connectivity index (χ1n) is 6.37. The number of aromatic nitrogens is 2. The molecule has 21 heavy (non-hydrogen) atoms. The van der Waals surface area contributed by atoms with Gasteiger partial charge in [-0.3, -0.25) is 0 Å². The molecule has 0 aliphatic heterocycles. The van der Waals surface area contributed by atoms with Crippen molar-refractivity contribution in [1.82, 2.24) is 9.55 Å². The summed E-state index contributed by atoms with van der Waals surface area (Å²) in [6.07, 6.45) is 5.12. The molecule has 2 heterocycles. The van der Waals surface area contributed by atoms with E-state index >= 15 is 0 Å². The van der Waals surface area contributed by atoms with Gasteiger partial charge in [0.1, 0.15) is 23.4 Å². The molecule has 1 unspecified atom stereocenters. The molecule has 0 spiro atoms. The molecule has 1 aromatic carbocycles. The number of aryl methyl sites for hydroxylation is 1. The topological polar surface area (TPSA) is 43.0 Å². The van der Waals surface area contributed by atoms with Crippen molar-refractivity contribution in [3.05, 3.63) is 70.9 Å². The summed E-state index contributed by atoms with van der Waals surface area (Å²) >= 11 is 3.35. The van der Waals surface area contributed by atoms with Gasteiger partial charge in [0.25, 0.3) is 0 Å². The van der Waals surface area contributed by atoms with Gasteiger partial charge < -0.3 is 14.3 Å². The van der Waals surface area contributed by atoms with Crippen LogP contribution in [0.25, 0.3) is 0 Å². The molecule has 0 saturated carbocycles. The molecule has 2 aromatic heterocycles. The van der Waals surface area contributed by atoms with E-state index in [9.17, 15) is 4.39 Å². The second-order valence-corrected chi connectivity index (χ2v) is 5.53. The number of benzene rings is 1. The van der Waals surface area contributed by atoms with E-state index in [1.54, 1.807) is 30.7 Å². The molecule has 0 fully saturated rings. The maximum absolute atomic E-state index is 14.0. The van der Waals surface area contributed by atoms with Gasteiger partial charge in [-0.15, -0.1) is 0 Å². The summed E-state index contributed by atoms with van der Waals surface area (Å²) in [5.41, 5.74) is 0.383. The van der Waals surface area contributed by atoms with Crippen LogP contribution in [0.4, 0.5) is 10.1 Å². The summed E-state index contributed by atoms with van der Waals surface area (Å²) in [7, 11) is 1.89. The summed E-state index contributed by atoms with van der Waals surface area (Å²) in [6, 6.07) is 8.01. The van der Waals surface area contributed by atoms with Gasteiger partial charge in [-0.25, -0.2) is 9.37 Å². The number of anilines is 1. The molecule has 0 bridgehead atoms. The van der Waals surface area contributed by atoms with Crippen molar-refractivity contribution in [2.24, 2.45) is 7.05 Å². The Morgan fingerprint density at radius 2 is 2.24 bits per heavy atom. The summed E-state index contributed by atoms with van der Waals surface area (Å²) in [4.78, 5) is 4.33. The van der Waals surface area contributed by atoms with Crippen molar-refractivity contribution in [3.63, 3.8) is 0 Å². The number of imidazole rings is 1. The molecular weight excluding hydrogens is 337 g/mol. The predicted octanol–water partition coefficient (Wildman–Crippen LogP) is 4.12. The Morgan fingerprint density at radius 3 is 2.90 bits per heavy atom. The zero-order valence-electron chi connectivity index (χ0n) is 11.3. The first-order valence-corrected chi connectivity index (χ1v) is 7.16. The predicted molar refractivity (Wildman–Crippen MR) is 81.5 cm³/mol. The molecule has 6 heteroatoms. The van der Waals surface area contributed by atoms with Crippen LogP contribution in [-0.2, 0) is 7.05 Å². The molecule has 1 N–H and O–H groups in total. The van der Waals surface area contributed by atoms with E-state index in [4.69, 9.17) is 4.42 Å². The molecule has 0 radical (unpaired) electrons. The summed E-state index contributed by atoms with van der Waals surface area (Å²) in [5.74, 6) is 1.08. The Kier molecular flexibility index (Phi) is 3.79. The lowest BCUT2D eigenvalue weighted by molar-refractivity contribution is 0.487. The van der Waals surface area contributed by atoms with Gasteiger partial charge in [0.2, 0.25) is 0 Å². The normalized spacial score (nSPS) is 12.3. The number of hydrogen-bond donors (Lipinski definition) is 1. The smallest absolute Gasteiger partial charge is 0.146 e. The van der Waals surface area contributed by atoms with Crippen molar-refractivity contribution in [1.29, 1.82) is 0 Å². The van der Waals surface area contributed by atoms with Crippen LogP contribution in [0, 0.1) is 5.82 Å². The lowest BCUT2D eigenvalue weighted by Crippen LogP contribution is -2.16. The summed E-state index contributed by atoms with van der Waals surface area (Å²) < 4.78 is 22.1. The minimum absolute atomic E-state index is 0.330. The van der Waals surface area contributed by atoms with Gasteiger partial charge in [-0.05, 0) is 30.3 Å². The Labute approximate surface area is 129 Å². The lowest BCUT2D eigenvalue weighted by Gasteiger charge is -2.18. The fourth-order valence-corrected chi connectivity index (χ4v) is 2.50. The fourth-order valence-electron chi connectivity index (χ4n) is 2.14. The molecule has 0 saturated heterocycles. The van der Waals surface area contributed by atoms with E-state index in [-0.39, 0.29) is 11.9 Å². The monoisotopic (exact) mass is 349 g/mol. The second kappa shape index (κ2) is 5.73. The number of rotatable bonds is 4. The minimum Gasteiger partial charge on any atom is -0.467 e. The number of furan rings is 1. The van der Waals surface area contributed by atoms with Gasteiger partial charge in [-0.2, -0.15) is 0 Å². The molecule has 0 aliphatic rings. The molecule has 4 nitrogen and oxygen atoms in total. The third-order valence-electron chi connectivity index (χ3n) is 3.17. The number of nitrogens with one attached hydrogen (secondary N) is 1. The van der Waals surface area contributed by atoms with Crippen LogP contribution in [0.1, 0.15) is 17.6 Å². The summed E-state index contributed by atoms with van der Waals surface area (Å²) in [6.45, 7) is 0. The SMILES string of the molecule is Cn1ccnc1C(Nc1cc(Br)ccc1F)c1ccco1. The number of halogens is 2. The van der Waals surface area contributed by atoms with Crippen LogP contribution in [0.2, 0.25) is 0 Å². The molecular formula is C15H13BrFN3O. The van der Waals surface area contributed by atoms with E-state index in [0.717, 1.165) is 10.3 Å². The van der Waals surface area contributed by atoms with E-state index in [0.29, 0.717) is 11.4 Å². The van der Waals surface area contributed by atoms with Gasteiger partial charge in [0, 0.05) is 23.9 Å². The maximum Gasteiger partial charge on any atom is 0.146 e. The summed E-state index contributed by atoms with van der Waals surface area (Å²) in [5, 5.41) is 3.15.